The Bertz CT molecular complexity index is 611. The Morgan fingerprint density at radius 2 is 1.70 bits per heavy atom. The lowest BCUT2D eigenvalue weighted by Crippen LogP contribution is -2.17. The summed E-state index contributed by atoms with van der Waals surface area (Å²) in [5, 5.41) is 2.58. The van der Waals surface area contributed by atoms with E-state index in [0.29, 0.717) is 16.9 Å². The SMILES string of the molecule is CNC(=O)c1cccc(SCC(=O)c2ccccc2)c1. The number of hydrogen-bond acceptors (Lipinski definition) is 3. The van der Waals surface area contributed by atoms with E-state index >= 15 is 0 Å². The van der Waals surface area contributed by atoms with Crippen LogP contribution in [0.3, 0.4) is 0 Å². The molecular weight excluding hydrogens is 270 g/mol. The Kier molecular flexibility index (Phi) is 4.96. The molecule has 2 rings (SSSR count). The molecule has 102 valence electrons. The van der Waals surface area contributed by atoms with Crippen LogP contribution in [0.15, 0.2) is 59.5 Å². The molecule has 0 aromatic heterocycles. The lowest BCUT2D eigenvalue weighted by molar-refractivity contribution is 0.0962. The van der Waals surface area contributed by atoms with E-state index in [4.69, 9.17) is 0 Å². The van der Waals surface area contributed by atoms with Gasteiger partial charge in [0.05, 0.1) is 5.75 Å². The third-order valence-corrected chi connectivity index (χ3v) is 3.78. The normalized spacial score (nSPS) is 10.1. The van der Waals surface area contributed by atoms with Crippen LogP contribution in [0.25, 0.3) is 0 Å². The summed E-state index contributed by atoms with van der Waals surface area (Å²) in [7, 11) is 1.60. The predicted octanol–water partition coefficient (Wildman–Crippen LogP) is 3.02. The van der Waals surface area contributed by atoms with Crippen molar-refractivity contribution in [1.82, 2.24) is 5.32 Å². The third kappa shape index (κ3) is 3.71. The topological polar surface area (TPSA) is 46.2 Å². The van der Waals surface area contributed by atoms with Gasteiger partial charge in [0.15, 0.2) is 5.78 Å². The van der Waals surface area contributed by atoms with Gasteiger partial charge in [0, 0.05) is 23.1 Å². The molecule has 0 bridgehead atoms. The number of Topliss-reactive ketones (excluding diaryl/α,β-unsaturated/α-hetero) is 1. The minimum atomic E-state index is -0.123. The molecule has 3 nitrogen and oxygen atoms in total. The van der Waals surface area contributed by atoms with Gasteiger partial charge in [-0.3, -0.25) is 9.59 Å². The van der Waals surface area contributed by atoms with E-state index in [1.54, 1.807) is 19.2 Å². The van der Waals surface area contributed by atoms with Crippen LogP contribution in [0, 0.1) is 0 Å². The summed E-state index contributed by atoms with van der Waals surface area (Å²) >= 11 is 1.44. The number of benzene rings is 2. The highest BCUT2D eigenvalue weighted by Crippen LogP contribution is 2.20. The molecule has 0 fully saturated rings. The Morgan fingerprint density at radius 1 is 1.00 bits per heavy atom. The van der Waals surface area contributed by atoms with Crippen LogP contribution < -0.4 is 5.32 Å². The van der Waals surface area contributed by atoms with Gasteiger partial charge in [0.1, 0.15) is 0 Å². The highest BCUT2D eigenvalue weighted by molar-refractivity contribution is 8.00. The Balaban J connectivity index is 2.01. The van der Waals surface area contributed by atoms with Gasteiger partial charge >= 0.3 is 0 Å². The number of carbonyl (C=O) groups is 2. The molecule has 0 saturated heterocycles. The van der Waals surface area contributed by atoms with Crippen LogP contribution in [0.2, 0.25) is 0 Å². The molecule has 0 aliphatic heterocycles. The minimum absolute atomic E-state index is 0.0842. The molecular formula is C16H15NO2S. The molecule has 1 N–H and O–H groups in total. The summed E-state index contributed by atoms with van der Waals surface area (Å²) in [4.78, 5) is 24.4. The van der Waals surface area contributed by atoms with Crippen molar-refractivity contribution in [2.24, 2.45) is 0 Å². The van der Waals surface area contributed by atoms with Gasteiger partial charge in [-0.25, -0.2) is 0 Å². The van der Waals surface area contributed by atoms with Gasteiger partial charge in [-0.2, -0.15) is 0 Å². The highest BCUT2D eigenvalue weighted by atomic mass is 32.2. The van der Waals surface area contributed by atoms with Crippen LogP contribution in [0.5, 0.6) is 0 Å². The number of rotatable bonds is 5. The van der Waals surface area contributed by atoms with Crippen molar-refractivity contribution < 1.29 is 9.59 Å². The first-order valence-corrected chi connectivity index (χ1v) is 7.22. The second kappa shape index (κ2) is 6.91. The summed E-state index contributed by atoms with van der Waals surface area (Å²) in [6.07, 6.45) is 0. The number of nitrogens with one attached hydrogen (secondary N) is 1. The van der Waals surface area contributed by atoms with E-state index in [2.05, 4.69) is 5.32 Å². The third-order valence-electron chi connectivity index (χ3n) is 2.79. The average Bonchev–Trinajstić information content (AvgIpc) is 2.53. The first-order chi connectivity index (χ1) is 9.70. The van der Waals surface area contributed by atoms with Gasteiger partial charge in [-0.1, -0.05) is 36.4 Å². The Labute approximate surface area is 122 Å². The quantitative estimate of drug-likeness (QED) is 0.678. The molecule has 0 atom stereocenters. The van der Waals surface area contributed by atoms with Gasteiger partial charge < -0.3 is 5.32 Å². The zero-order chi connectivity index (χ0) is 14.4. The molecule has 0 saturated carbocycles. The molecule has 2 aromatic rings. The van der Waals surface area contributed by atoms with Crippen LogP contribution in [-0.2, 0) is 0 Å². The van der Waals surface area contributed by atoms with E-state index in [1.165, 1.54) is 11.8 Å². The smallest absolute Gasteiger partial charge is 0.251 e. The summed E-state index contributed by atoms with van der Waals surface area (Å²) in [5.74, 6) is 0.323. The molecule has 4 heteroatoms. The van der Waals surface area contributed by atoms with Crippen LogP contribution in [0.4, 0.5) is 0 Å². The molecule has 0 aliphatic rings. The Morgan fingerprint density at radius 3 is 2.40 bits per heavy atom. The number of hydrogen-bond donors (Lipinski definition) is 1. The van der Waals surface area contributed by atoms with Gasteiger partial charge in [0.25, 0.3) is 5.91 Å². The average molecular weight is 285 g/mol. The fraction of sp³-hybridized carbons (Fsp3) is 0.125. The zero-order valence-corrected chi connectivity index (χ0v) is 11.9. The van der Waals surface area contributed by atoms with E-state index in [-0.39, 0.29) is 11.7 Å². The summed E-state index contributed by atoms with van der Waals surface area (Å²) in [6, 6.07) is 16.5. The lowest BCUT2D eigenvalue weighted by Gasteiger charge is -2.04. The maximum atomic E-state index is 12.0. The first kappa shape index (κ1) is 14.3. The van der Waals surface area contributed by atoms with Crippen molar-refractivity contribution in [1.29, 1.82) is 0 Å². The Hall–Kier alpha value is -2.07. The van der Waals surface area contributed by atoms with Crippen LogP contribution in [-0.4, -0.2) is 24.5 Å². The van der Waals surface area contributed by atoms with Crippen molar-refractivity contribution >= 4 is 23.5 Å². The van der Waals surface area contributed by atoms with Crippen molar-refractivity contribution in [3.8, 4) is 0 Å². The van der Waals surface area contributed by atoms with E-state index in [1.807, 2.05) is 42.5 Å². The number of carbonyl (C=O) groups excluding carboxylic acids is 2. The molecule has 0 heterocycles. The van der Waals surface area contributed by atoms with Crippen molar-refractivity contribution in [3.05, 3.63) is 65.7 Å². The molecule has 20 heavy (non-hydrogen) atoms. The maximum absolute atomic E-state index is 12.0. The number of thioether (sulfide) groups is 1. The minimum Gasteiger partial charge on any atom is -0.355 e. The van der Waals surface area contributed by atoms with Crippen LogP contribution >= 0.6 is 11.8 Å². The lowest BCUT2D eigenvalue weighted by atomic mass is 10.2. The largest absolute Gasteiger partial charge is 0.355 e. The van der Waals surface area contributed by atoms with Gasteiger partial charge in [-0.05, 0) is 18.2 Å². The standard InChI is InChI=1S/C16H15NO2S/c1-17-16(19)13-8-5-9-14(10-13)20-11-15(18)12-6-3-2-4-7-12/h2-10H,11H2,1H3,(H,17,19). The number of ketones is 1. The molecule has 0 unspecified atom stereocenters. The summed E-state index contributed by atoms with van der Waals surface area (Å²) in [5.41, 5.74) is 1.31. The predicted molar refractivity (Wildman–Crippen MR) is 81.3 cm³/mol. The molecule has 0 aliphatic carbocycles. The molecule has 2 aromatic carbocycles. The van der Waals surface area contributed by atoms with Crippen molar-refractivity contribution in [2.75, 3.05) is 12.8 Å². The van der Waals surface area contributed by atoms with Crippen molar-refractivity contribution in [3.63, 3.8) is 0 Å². The van der Waals surface area contributed by atoms with Crippen LogP contribution in [0.1, 0.15) is 20.7 Å². The summed E-state index contributed by atoms with van der Waals surface area (Å²) < 4.78 is 0. The monoisotopic (exact) mass is 285 g/mol. The van der Waals surface area contributed by atoms with Gasteiger partial charge in [-0.15, -0.1) is 11.8 Å². The fourth-order valence-corrected chi connectivity index (χ4v) is 2.58. The summed E-state index contributed by atoms with van der Waals surface area (Å²) in [6.45, 7) is 0. The second-order valence-corrected chi connectivity index (χ2v) is 5.23. The zero-order valence-electron chi connectivity index (χ0n) is 11.1. The maximum Gasteiger partial charge on any atom is 0.251 e. The fourth-order valence-electron chi connectivity index (χ4n) is 1.73. The first-order valence-electron chi connectivity index (χ1n) is 6.24. The molecule has 0 spiro atoms. The van der Waals surface area contributed by atoms with E-state index < -0.39 is 0 Å². The van der Waals surface area contributed by atoms with Gasteiger partial charge in [0.2, 0.25) is 0 Å². The molecule has 1 amide bonds. The molecule has 0 radical (unpaired) electrons. The second-order valence-electron chi connectivity index (χ2n) is 4.18. The number of amides is 1. The van der Waals surface area contributed by atoms with E-state index in [9.17, 15) is 9.59 Å². The van der Waals surface area contributed by atoms with E-state index in [0.717, 1.165) is 4.90 Å². The highest BCUT2D eigenvalue weighted by Gasteiger charge is 2.08. The van der Waals surface area contributed by atoms with Crippen molar-refractivity contribution in [2.45, 2.75) is 4.90 Å².